The molecule has 0 aliphatic rings. The standard InChI is InChI=1S/C46H29N5/c1-4-14-30(15-5-1)43-37-28-29-40-42(41(37)35-20-10-12-22-38(35)47-43)36-21-11-13-23-39(36)51(40)34-26-24-33(25-27-34)46-49-44(31-16-6-2-7-17-31)48-45(50-46)32-18-8-3-9-19-32/h1-29H. The Morgan fingerprint density at radius 3 is 1.45 bits per heavy atom. The zero-order valence-electron chi connectivity index (χ0n) is 27.5. The van der Waals surface area contributed by atoms with Gasteiger partial charge in [0.1, 0.15) is 0 Å². The number of benzene rings is 7. The summed E-state index contributed by atoms with van der Waals surface area (Å²) in [4.78, 5) is 20.0. The summed E-state index contributed by atoms with van der Waals surface area (Å²) >= 11 is 0. The second-order valence-electron chi connectivity index (χ2n) is 12.7. The lowest BCUT2D eigenvalue weighted by molar-refractivity contribution is 1.07. The molecular formula is C46H29N5. The van der Waals surface area contributed by atoms with Gasteiger partial charge in [0, 0.05) is 54.9 Å². The van der Waals surface area contributed by atoms with Crippen molar-refractivity contribution in [3.8, 4) is 51.1 Å². The second kappa shape index (κ2) is 11.9. The van der Waals surface area contributed by atoms with Crippen molar-refractivity contribution in [1.29, 1.82) is 0 Å². The molecule has 0 saturated carbocycles. The van der Waals surface area contributed by atoms with E-state index < -0.39 is 0 Å². The molecule has 10 aromatic rings. The highest BCUT2D eigenvalue weighted by molar-refractivity contribution is 6.29. The second-order valence-corrected chi connectivity index (χ2v) is 12.7. The van der Waals surface area contributed by atoms with Gasteiger partial charge in [0.25, 0.3) is 0 Å². The normalized spacial score (nSPS) is 11.5. The number of para-hydroxylation sites is 2. The molecule has 0 radical (unpaired) electrons. The SMILES string of the molecule is c1ccc(-c2nc(-c3ccccc3)nc(-c3ccc(-n4c5ccccc5c5c6c(ccc54)c(-c4ccccc4)nc4ccccc46)cc3)n2)cc1. The van der Waals surface area contributed by atoms with Gasteiger partial charge in [-0.1, -0.05) is 133 Å². The molecule has 3 heterocycles. The molecule has 0 amide bonds. The predicted molar refractivity (Wildman–Crippen MR) is 209 cm³/mol. The summed E-state index contributed by atoms with van der Waals surface area (Å²) in [5.74, 6) is 1.93. The summed E-state index contributed by atoms with van der Waals surface area (Å²) < 4.78 is 2.36. The molecule has 0 aliphatic carbocycles. The predicted octanol–water partition coefficient (Wildman–Crippen LogP) is 11.3. The number of nitrogens with zero attached hydrogens (tertiary/aromatic N) is 5. The molecular weight excluding hydrogens is 623 g/mol. The maximum absolute atomic E-state index is 5.19. The molecule has 0 unspecified atom stereocenters. The van der Waals surface area contributed by atoms with Gasteiger partial charge in [-0.15, -0.1) is 0 Å². The first-order chi connectivity index (χ1) is 25.3. The number of rotatable bonds is 5. The number of fused-ring (bicyclic) bond motifs is 7. The molecule has 0 N–H and O–H groups in total. The molecule has 0 bridgehead atoms. The van der Waals surface area contributed by atoms with Gasteiger partial charge in [-0.2, -0.15) is 0 Å². The molecule has 0 atom stereocenters. The van der Waals surface area contributed by atoms with Crippen LogP contribution in [0.1, 0.15) is 0 Å². The molecule has 10 rings (SSSR count). The third-order valence-electron chi connectivity index (χ3n) is 9.63. The highest BCUT2D eigenvalue weighted by Crippen LogP contribution is 2.42. The van der Waals surface area contributed by atoms with Crippen LogP contribution in [0.3, 0.4) is 0 Å². The van der Waals surface area contributed by atoms with Crippen LogP contribution in [0.15, 0.2) is 176 Å². The summed E-state index contributed by atoms with van der Waals surface area (Å²) in [7, 11) is 0. The zero-order valence-corrected chi connectivity index (χ0v) is 27.5. The molecule has 0 fully saturated rings. The quantitative estimate of drug-likeness (QED) is 0.174. The number of aromatic nitrogens is 5. The first kappa shape index (κ1) is 29.0. The van der Waals surface area contributed by atoms with Crippen LogP contribution in [0.5, 0.6) is 0 Å². The Hall–Kier alpha value is -6.98. The van der Waals surface area contributed by atoms with E-state index in [9.17, 15) is 0 Å². The summed E-state index contributed by atoms with van der Waals surface area (Å²) in [5.41, 5.74) is 9.26. The maximum atomic E-state index is 5.19. The van der Waals surface area contributed by atoms with Crippen molar-refractivity contribution in [3.05, 3.63) is 176 Å². The zero-order chi connectivity index (χ0) is 33.7. The molecule has 51 heavy (non-hydrogen) atoms. The molecule has 5 nitrogen and oxygen atoms in total. The van der Waals surface area contributed by atoms with Crippen molar-refractivity contribution in [1.82, 2.24) is 24.5 Å². The van der Waals surface area contributed by atoms with Gasteiger partial charge in [0.05, 0.1) is 22.2 Å². The number of pyridine rings is 1. The lowest BCUT2D eigenvalue weighted by atomic mass is 9.96. The molecule has 238 valence electrons. The molecule has 0 spiro atoms. The fraction of sp³-hybridized carbons (Fsp3) is 0. The van der Waals surface area contributed by atoms with Crippen molar-refractivity contribution in [3.63, 3.8) is 0 Å². The fourth-order valence-corrected chi connectivity index (χ4v) is 7.29. The van der Waals surface area contributed by atoms with Crippen LogP contribution < -0.4 is 0 Å². The van der Waals surface area contributed by atoms with Crippen LogP contribution in [-0.4, -0.2) is 24.5 Å². The summed E-state index contributed by atoms with van der Waals surface area (Å²) in [6, 6.07) is 60.9. The smallest absolute Gasteiger partial charge is 0.164 e. The van der Waals surface area contributed by atoms with E-state index in [1.165, 1.54) is 16.2 Å². The Bertz CT molecular complexity index is 2820. The number of hydrogen-bond acceptors (Lipinski definition) is 4. The minimum atomic E-state index is 0.634. The average molecular weight is 652 g/mol. The third-order valence-corrected chi connectivity index (χ3v) is 9.63. The van der Waals surface area contributed by atoms with E-state index in [1.54, 1.807) is 0 Å². The highest BCUT2D eigenvalue weighted by atomic mass is 15.0. The minimum Gasteiger partial charge on any atom is -0.309 e. The van der Waals surface area contributed by atoms with E-state index >= 15 is 0 Å². The van der Waals surface area contributed by atoms with Crippen molar-refractivity contribution in [2.45, 2.75) is 0 Å². The van der Waals surface area contributed by atoms with Gasteiger partial charge < -0.3 is 4.57 Å². The first-order valence-electron chi connectivity index (χ1n) is 17.1. The lowest BCUT2D eigenvalue weighted by Gasteiger charge is -2.13. The van der Waals surface area contributed by atoms with Crippen molar-refractivity contribution in [2.75, 3.05) is 0 Å². The maximum Gasteiger partial charge on any atom is 0.164 e. The van der Waals surface area contributed by atoms with Crippen LogP contribution >= 0.6 is 0 Å². The average Bonchev–Trinajstić information content (AvgIpc) is 3.56. The summed E-state index contributed by atoms with van der Waals surface area (Å²) in [5, 5.41) is 5.93. The largest absolute Gasteiger partial charge is 0.309 e. The molecule has 7 aromatic carbocycles. The van der Waals surface area contributed by atoms with Gasteiger partial charge in [-0.3, -0.25) is 0 Å². The Kier molecular flexibility index (Phi) is 6.74. The fourth-order valence-electron chi connectivity index (χ4n) is 7.29. The Balaban J connectivity index is 1.17. The van der Waals surface area contributed by atoms with Crippen LogP contribution in [0.4, 0.5) is 0 Å². The topological polar surface area (TPSA) is 56.5 Å². The van der Waals surface area contributed by atoms with Gasteiger partial charge in [-0.25, -0.2) is 19.9 Å². The van der Waals surface area contributed by atoms with Gasteiger partial charge in [0.2, 0.25) is 0 Å². The van der Waals surface area contributed by atoms with E-state index in [4.69, 9.17) is 19.9 Å². The van der Waals surface area contributed by atoms with Gasteiger partial charge in [-0.05, 0) is 42.5 Å². The van der Waals surface area contributed by atoms with Gasteiger partial charge >= 0.3 is 0 Å². The van der Waals surface area contributed by atoms with Crippen molar-refractivity contribution >= 4 is 43.5 Å². The van der Waals surface area contributed by atoms with Crippen molar-refractivity contribution in [2.24, 2.45) is 0 Å². The van der Waals surface area contributed by atoms with E-state index in [0.29, 0.717) is 17.5 Å². The van der Waals surface area contributed by atoms with E-state index in [-0.39, 0.29) is 0 Å². The summed E-state index contributed by atoms with van der Waals surface area (Å²) in [6.45, 7) is 0. The first-order valence-corrected chi connectivity index (χ1v) is 17.1. The number of hydrogen-bond donors (Lipinski definition) is 0. The molecule has 0 aliphatic heterocycles. The Morgan fingerprint density at radius 2 is 0.824 bits per heavy atom. The Labute approximate surface area is 294 Å². The lowest BCUT2D eigenvalue weighted by Crippen LogP contribution is -2.00. The molecule has 3 aromatic heterocycles. The van der Waals surface area contributed by atoms with Gasteiger partial charge in [0.15, 0.2) is 17.5 Å². The molecule has 5 heteroatoms. The minimum absolute atomic E-state index is 0.634. The monoisotopic (exact) mass is 651 g/mol. The van der Waals surface area contributed by atoms with E-state index in [2.05, 4.69) is 120 Å². The van der Waals surface area contributed by atoms with E-state index in [1.807, 2.05) is 60.7 Å². The summed E-state index contributed by atoms with van der Waals surface area (Å²) in [6.07, 6.45) is 0. The van der Waals surface area contributed by atoms with Crippen LogP contribution in [0.2, 0.25) is 0 Å². The molecule has 0 saturated heterocycles. The van der Waals surface area contributed by atoms with Crippen LogP contribution in [0.25, 0.3) is 94.6 Å². The van der Waals surface area contributed by atoms with Crippen LogP contribution in [-0.2, 0) is 0 Å². The van der Waals surface area contributed by atoms with Crippen molar-refractivity contribution < 1.29 is 0 Å². The highest BCUT2D eigenvalue weighted by Gasteiger charge is 2.20. The van der Waals surface area contributed by atoms with E-state index in [0.717, 1.165) is 61.0 Å². The van der Waals surface area contributed by atoms with Crippen LogP contribution in [0, 0.1) is 0 Å². The third kappa shape index (κ3) is 4.86. The Morgan fingerprint density at radius 1 is 0.314 bits per heavy atom.